The zero-order valence-electron chi connectivity index (χ0n) is 11.3. The van der Waals surface area contributed by atoms with Crippen molar-refractivity contribution in [2.24, 2.45) is 7.05 Å². The van der Waals surface area contributed by atoms with Crippen molar-refractivity contribution in [2.45, 2.75) is 18.9 Å². The molecule has 0 bridgehead atoms. The highest BCUT2D eigenvalue weighted by molar-refractivity contribution is 9.10. The Morgan fingerprint density at radius 2 is 2.00 bits per heavy atom. The molecule has 6 nitrogen and oxygen atoms in total. The van der Waals surface area contributed by atoms with E-state index in [-0.39, 0.29) is 5.03 Å². The first-order valence-electron chi connectivity index (χ1n) is 5.79. The highest BCUT2D eigenvalue weighted by Crippen LogP contribution is 2.29. The van der Waals surface area contributed by atoms with Crippen molar-refractivity contribution in [3.8, 4) is 0 Å². The van der Waals surface area contributed by atoms with E-state index in [9.17, 15) is 8.42 Å². The molecule has 0 saturated heterocycles. The van der Waals surface area contributed by atoms with Gasteiger partial charge in [-0.1, -0.05) is 0 Å². The van der Waals surface area contributed by atoms with Crippen LogP contribution in [0.1, 0.15) is 11.4 Å². The van der Waals surface area contributed by atoms with Gasteiger partial charge in [-0.3, -0.25) is 4.72 Å². The third kappa shape index (κ3) is 2.80. The van der Waals surface area contributed by atoms with Gasteiger partial charge in [0.2, 0.25) is 0 Å². The van der Waals surface area contributed by atoms with E-state index in [1.54, 1.807) is 30.7 Å². The number of benzene rings is 1. The lowest BCUT2D eigenvalue weighted by atomic mass is 10.2. The van der Waals surface area contributed by atoms with Gasteiger partial charge in [-0.2, -0.15) is 8.42 Å². The number of imidazole rings is 1. The van der Waals surface area contributed by atoms with Crippen LogP contribution < -0.4 is 10.5 Å². The zero-order chi connectivity index (χ0) is 15.1. The lowest BCUT2D eigenvalue weighted by Crippen LogP contribution is -2.14. The van der Waals surface area contributed by atoms with E-state index in [0.717, 1.165) is 5.56 Å². The zero-order valence-corrected chi connectivity index (χ0v) is 13.7. The first kappa shape index (κ1) is 14.9. The average Bonchev–Trinajstić information content (AvgIpc) is 2.67. The molecule has 108 valence electrons. The third-order valence-corrected chi connectivity index (χ3v) is 4.85. The van der Waals surface area contributed by atoms with Crippen LogP contribution in [0, 0.1) is 13.8 Å². The van der Waals surface area contributed by atoms with E-state index in [1.807, 2.05) is 6.92 Å². The molecule has 0 radical (unpaired) electrons. The maximum absolute atomic E-state index is 12.3. The van der Waals surface area contributed by atoms with Crippen molar-refractivity contribution in [1.82, 2.24) is 9.55 Å². The summed E-state index contributed by atoms with van der Waals surface area (Å²) in [5.74, 6) is 0.618. The predicted octanol–water partition coefficient (Wildman–Crippen LogP) is 2.18. The van der Waals surface area contributed by atoms with Gasteiger partial charge in [-0.25, -0.2) is 4.98 Å². The molecule has 1 heterocycles. The van der Waals surface area contributed by atoms with Gasteiger partial charge in [0.25, 0.3) is 10.0 Å². The minimum absolute atomic E-state index is 0.0245. The van der Waals surface area contributed by atoms with Crippen LogP contribution in [0.5, 0.6) is 0 Å². The Kier molecular flexibility index (Phi) is 3.79. The standard InChI is InChI=1S/C12H15BrN4O2S/c1-7-4-9(13)11(5-10(7)14)16-20(18,19)12-6-17(3)8(2)15-12/h4-6,16H,14H2,1-3H3. The van der Waals surface area contributed by atoms with Gasteiger partial charge in [0.15, 0.2) is 5.03 Å². The Morgan fingerprint density at radius 1 is 1.35 bits per heavy atom. The average molecular weight is 359 g/mol. The van der Waals surface area contributed by atoms with Crippen LogP contribution >= 0.6 is 15.9 Å². The highest BCUT2D eigenvalue weighted by Gasteiger charge is 2.20. The van der Waals surface area contributed by atoms with Crippen LogP contribution in [0.3, 0.4) is 0 Å². The van der Waals surface area contributed by atoms with Crippen LogP contribution in [0.4, 0.5) is 11.4 Å². The number of rotatable bonds is 3. The molecule has 0 aliphatic rings. The maximum Gasteiger partial charge on any atom is 0.280 e. The number of hydrogen-bond donors (Lipinski definition) is 2. The monoisotopic (exact) mass is 358 g/mol. The number of anilines is 2. The van der Waals surface area contributed by atoms with E-state index in [1.165, 1.54) is 6.20 Å². The summed E-state index contributed by atoms with van der Waals surface area (Å²) in [5, 5.41) is -0.0245. The molecular formula is C12H15BrN4O2S. The second-order valence-corrected chi connectivity index (χ2v) is 7.02. The number of nitrogens with one attached hydrogen (secondary N) is 1. The minimum atomic E-state index is -3.73. The lowest BCUT2D eigenvalue weighted by Gasteiger charge is -2.10. The van der Waals surface area contributed by atoms with E-state index in [4.69, 9.17) is 5.73 Å². The molecule has 0 atom stereocenters. The van der Waals surface area contributed by atoms with Crippen molar-refractivity contribution in [3.05, 3.63) is 34.2 Å². The summed E-state index contributed by atoms with van der Waals surface area (Å²) in [6.45, 7) is 3.58. The second kappa shape index (κ2) is 5.10. The van der Waals surface area contributed by atoms with Crippen molar-refractivity contribution in [2.75, 3.05) is 10.5 Å². The van der Waals surface area contributed by atoms with Crippen molar-refractivity contribution < 1.29 is 8.42 Å². The van der Waals surface area contributed by atoms with E-state index in [0.29, 0.717) is 21.7 Å². The van der Waals surface area contributed by atoms with Gasteiger partial charge in [0.05, 0.1) is 5.69 Å². The third-order valence-electron chi connectivity index (χ3n) is 2.96. The number of nitrogens with two attached hydrogens (primary N) is 1. The molecule has 0 fully saturated rings. The Hall–Kier alpha value is -1.54. The number of halogens is 1. The Morgan fingerprint density at radius 3 is 2.55 bits per heavy atom. The van der Waals surface area contributed by atoms with Crippen molar-refractivity contribution >= 4 is 37.3 Å². The van der Waals surface area contributed by atoms with Crippen LogP contribution in [-0.4, -0.2) is 18.0 Å². The van der Waals surface area contributed by atoms with Gasteiger partial charge >= 0.3 is 0 Å². The first-order valence-corrected chi connectivity index (χ1v) is 8.07. The largest absolute Gasteiger partial charge is 0.398 e. The molecule has 0 aliphatic carbocycles. The summed E-state index contributed by atoms with van der Waals surface area (Å²) in [7, 11) is -2.00. The second-order valence-electron chi connectivity index (χ2n) is 4.53. The number of hydrogen-bond acceptors (Lipinski definition) is 4. The number of sulfonamides is 1. The van der Waals surface area contributed by atoms with Crippen molar-refractivity contribution in [3.63, 3.8) is 0 Å². The van der Waals surface area contributed by atoms with E-state index in [2.05, 4.69) is 25.6 Å². The summed E-state index contributed by atoms with van der Waals surface area (Å²) in [4.78, 5) is 4.01. The van der Waals surface area contributed by atoms with Crippen LogP contribution in [-0.2, 0) is 17.1 Å². The van der Waals surface area contributed by atoms with Crippen molar-refractivity contribution in [1.29, 1.82) is 0 Å². The topological polar surface area (TPSA) is 90.0 Å². The van der Waals surface area contributed by atoms with Gasteiger partial charge in [0, 0.05) is 23.4 Å². The number of nitrogens with zero attached hydrogens (tertiary/aromatic N) is 2. The summed E-state index contributed by atoms with van der Waals surface area (Å²) < 4.78 is 29.3. The van der Waals surface area contributed by atoms with Crippen LogP contribution in [0.15, 0.2) is 27.8 Å². The summed E-state index contributed by atoms with van der Waals surface area (Å²) >= 11 is 3.32. The van der Waals surface area contributed by atoms with Crippen LogP contribution in [0.2, 0.25) is 0 Å². The maximum atomic E-state index is 12.3. The fourth-order valence-corrected chi connectivity index (χ4v) is 3.42. The minimum Gasteiger partial charge on any atom is -0.398 e. The SMILES string of the molecule is Cc1cc(Br)c(NS(=O)(=O)c2cn(C)c(C)n2)cc1N. The quantitative estimate of drug-likeness (QED) is 0.822. The summed E-state index contributed by atoms with van der Waals surface area (Å²) in [5.41, 5.74) is 7.57. The summed E-state index contributed by atoms with van der Waals surface area (Å²) in [6, 6.07) is 3.34. The molecule has 2 aromatic rings. The van der Waals surface area contributed by atoms with Gasteiger partial charge in [-0.05, 0) is 47.5 Å². The molecule has 0 amide bonds. The van der Waals surface area contributed by atoms with Gasteiger partial charge in [0.1, 0.15) is 5.82 Å². The number of aromatic nitrogens is 2. The molecular weight excluding hydrogens is 344 g/mol. The van der Waals surface area contributed by atoms with Crippen LogP contribution in [0.25, 0.3) is 0 Å². The molecule has 3 N–H and O–H groups in total. The highest BCUT2D eigenvalue weighted by atomic mass is 79.9. The molecule has 1 aromatic heterocycles. The molecule has 8 heteroatoms. The van der Waals surface area contributed by atoms with E-state index < -0.39 is 10.0 Å². The predicted molar refractivity (Wildman–Crippen MR) is 82.0 cm³/mol. The number of nitrogen functional groups attached to an aromatic ring is 1. The Labute approximate surface area is 126 Å². The lowest BCUT2D eigenvalue weighted by molar-refractivity contribution is 0.598. The normalized spacial score (nSPS) is 11.6. The molecule has 0 spiro atoms. The molecule has 0 saturated carbocycles. The molecule has 1 aromatic carbocycles. The Balaban J connectivity index is 2.40. The fourth-order valence-electron chi connectivity index (χ4n) is 1.62. The smallest absolute Gasteiger partial charge is 0.280 e. The molecule has 2 rings (SSSR count). The number of aryl methyl sites for hydroxylation is 3. The molecule has 20 heavy (non-hydrogen) atoms. The fraction of sp³-hybridized carbons (Fsp3) is 0.250. The first-order chi connectivity index (χ1) is 9.20. The van der Waals surface area contributed by atoms with Gasteiger partial charge in [-0.15, -0.1) is 0 Å². The Bertz CT molecular complexity index is 749. The van der Waals surface area contributed by atoms with E-state index >= 15 is 0 Å². The molecule has 0 unspecified atom stereocenters. The molecule has 0 aliphatic heterocycles. The van der Waals surface area contributed by atoms with Gasteiger partial charge < -0.3 is 10.3 Å². The summed E-state index contributed by atoms with van der Waals surface area (Å²) in [6.07, 6.45) is 1.46.